The minimum Gasteiger partial charge on any atom is -0.453 e. The van der Waals surface area contributed by atoms with E-state index in [9.17, 15) is 4.79 Å². The van der Waals surface area contributed by atoms with E-state index < -0.39 is 0 Å². The van der Waals surface area contributed by atoms with Crippen molar-refractivity contribution in [2.45, 2.75) is 24.9 Å². The van der Waals surface area contributed by atoms with Gasteiger partial charge in [0.05, 0.1) is 13.2 Å². The van der Waals surface area contributed by atoms with Crippen LogP contribution >= 0.6 is 0 Å². The average Bonchev–Trinajstić information content (AvgIpc) is 2.68. The van der Waals surface area contributed by atoms with Crippen LogP contribution in [0.15, 0.2) is 0 Å². The van der Waals surface area contributed by atoms with Gasteiger partial charge in [-0.15, -0.1) is 0 Å². The Bertz CT molecular complexity index is 220. The molecule has 2 unspecified atom stereocenters. The van der Waals surface area contributed by atoms with E-state index >= 15 is 0 Å². The molecule has 0 radical (unpaired) electrons. The lowest BCUT2D eigenvalue weighted by atomic mass is 10.1. The number of likely N-dealkylation sites (N-methyl/N-ethyl adjacent to an activating group) is 1. The third kappa shape index (κ3) is 1.29. The van der Waals surface area contributed by atoms with Gasteiger partial charge in [0.2, 0.25) is 0 Å². The summed E-state index contributed by atoms with van der Waals surface area (Å²) in [5, 5.41) is 0. The Balaban J connectivity index is 2.06. The predicted molar refractivity (Wildman–Crippen MR) is 48.6 cm³/mol. The van der Waals surface area contributed by atoms with Crippen molar-refractivity contribution in [3.63, 3.8) is 0 Å². The lowest BCUT2D eigenvalue weighted by Crippen LogP contribution is -2.38. The van der Waals surface area contributed by atoms with Crippen LogP contribution in [0.2, 0.25) is 0 Å². The fourth-order valence-corrected chi connectivity index (χ4v) is 2.55. The Labute approximate surface area is 78.4 Å². The monoisotopic (exact) mass is 184 g/mol. The zero-order chi connectivity index (χ0) is 9.42. The van der Waals surface area contributed by atoms with E-state index in [-0.39, 0.29) is 6.09 Å². The van der Waals surface area contributed by atoms with Crippen LogP contribution in [0.5, 0.6) is 0 Å². The zero-order valence-electron chi connectivity index (χ0n) is 8.19. The van der Waals surface area contributed by atoms with Gasteiger partial charge >= 0.3 is 6.09 Å². The molecule has 2 fully saturated rings. The molecule has 4 heteroatoms. The maximum atomic E-state index is 11.3. The Morgan fingerprint density at radius 1 is 1.31 bits per heavy atom. The van der Waals surface area contributed by atoms with E-state index in [2.05, 4.69) is 11.9 Å². The van der Waals surface area contributed by atoms with E-state index in [0.29, 0.717) is 12.1 Å². The summed E-state index contributed by atoms with van der Waals surface area (Å²) in [5.41, 5.74) is 0. The first-order valence-corrected chi connectivity index (χ1v) is 4.79. The standard InChI is InChI=1S/C9H16N2O2/c1-10-5-3-8-7(10)4-6-11(8)9(12)13-2/h7-8H,3-6H2,1-2H3. The quantitative estimate of drug-likeness (QED) is 0.550. The normalized spacial score (nSPS) is 33.5. The second-order valence-corrected chi connectivity index (χ2v) is 3.86. The number of ether oxygens (including phenoxy) is 1. The molecule has 74 valence electrons. The molecule has 0 aromatic carbocycles. The molecule has 0 N–H and O–H groups in total. The number of likely N-dealkylation sites (tertiary alicyclic amines) is 2. The van der Waals surface area contributed by atoms with Crippen molar-refractivity contribution < 1.29 is 9.53 Å². The third-order valence-electron chi connectivity index (χ3n) is 3.26. The van der Waals surface area contributed by atoms with Crippen LogP contribution in [0.3, 0.4) is 0 Å². The molecular weight excluding hydrogens is 168 g/mol. The van der Waals surface area contributed by atoms with Crippen LogP contribution in [0.25, 0.3) is 0 Å². The number of nitrogens with zero attached hydrogens (tertiary/aromatic N) is 2. The van der Waals surface area contributed by atoms with Crippen LogP contribution in [0.1, 0.15) is 12.8 Å². The molecule has 0 aliphatic carbocycles. The van der Waals surface area contributed by atoms with Crippen LogP contribution in [-0.2, 0) is 4.74 Å². The van der Waals surface area contributed by atoms with Crippen molar-refractivity contribution >= 4 is 6.09 Å². The fourth-order valence-electron chi connectivity index (χ4n) is 2.55. The molecule has 13 heavy (non-hydrogen) atoms. The van der Waals surface area contributed by atoms with Gasteiger partial charge in [0.1, 0.15) is 0 Å². The Morgan fingerprint density at radius 2 is 2.00 bits per heavy atom. The van der Waals surface area contributed by atoms with Gasteiger partial charge in [-0.1, -0.05) is 0 Å². The van der Waals surface area contributed by atoms with Crippen molar-refractivity contribution in [3.05, 3.63) is 0 Å². The van der Waals surface area contributed by atoms with E-state index in [1.807, 2.05) is 4.90 Å². The van der Waals surface area contributed by atoms with Crippen molar-refractivity contribution in [2.24, 2.45) is 0 Å². The maximum Gasteiger partial charge on any atom is 0.409 e. The van der Waals surface area contributed by atoms with E-state index in [4.69, 9.17) is 4.74 Å². The zero-order valence-corrected chi connectivity index (χ0v) is 8.19. The van der Waals surface area contributed by atoms with Crippen LogP contribution in [0.4, 0.5) is 4.79 Å². The van der Waals surface area contributed by atoms with Crippen molar-refractivity contribution in [3.8, 4) is 0 Å². The van der Waals surface area contributed by atoms with Crippen LogP contribution in [0, 0.1) is 0 Å². The van der Waals surface area contributed by atoms with Gasteiger partial charge in [0.25, 0.3) is 0 Å². The van der Waals surface area contributed by atoms with Gasteiger partial charge in [0.15, 0.2) is 0 Å². The topological polar surface area (TPSA) is 32.8 Å². The Kier molecular flexibility index (Phi) is 2.15. The van der Waals surface area contributed by atoms with Gasteiger partial charge < -0.3 is 14.5 Å². The average molecular weight is 184 g/mol. The van der Waals surface area contributed by atoms with E-state index in [0.717, 1.165) is 25.9 Å². The molecule has 0 spiro atoms. The maximum absolute atomic E-state index is 11.3. The van der Waals surface area contributed by atoms with Gasteiger partial charge in [-0.25, -0.2) is 4.79 Å². The number of amides is 1. The van der Waals surface area contributed by atoms with Crippen LogP contribution < -0.4 is 0 Å². The van der Waals surface area contributed by atoms with Crippen molar-refractivity contribution in [1.82, 2.24) is 9.80 Å². The lowest BCUT2D eigenvalue weighted by Gasteiger charge is -2.22. The Hall–Kier alpha value is -0.770. The highest BCUT2D eigenvalue weighted by Gasteiger charge is 2.43. The molecule has 0 aromatic heterocycles. The smallest absolute Gasteiger partial charge is 0.409 e. The first-order chi connectivity index (χ1) is 6.24. The van der Waals surface area contributed by atoms with E-state index in [1.165, 1.54) is 7.11 Å². The molecule has 2 rings (SSSR count). The minimum absolute atomic E-state index is 0.164. The largest absolute Gasteiger partial charge is 0.453 e. The highest BCUT2D eigenvalue weighted by atomic mass is 16.5. The number of carbonyl (C=O) groups excluding carboxylic acids is 1. The first kappa shape index (κ1) is 8.81. The molecule has 2 aliphatic heterocycles. The Morgan fingerprint density at radius 3 is 2.69 bits per heavy atom. The summed E-state index contributed by atoms with van der Waals surface area (Å²) in [4.78, 5) is 15.6. The summed E-state index contributed by atoms with van der Waals surface area (Å²) in [6, 6.07) is 0.969. The second kappa shape index (κ2) is 3.18. The van der Waals surface area contributed by atoms with Crippen molar-refractivity contribution in [2.75, 3.05) is 27.2 Å². The summed E-state index contributed by atoms with van der Waals surface area (Å²) < 4.78 is 4.75. The molecule has 2 saturated heterocycles. The minimum atomic E-state index is -0.164. The van der Waals surface area contributed by atoms with E-state index in [1.54, 1.807) is 0 Å². The predicted octanol–water partition coefficient (Wildman–Crippen LogP) is 0.531. The number of fused-ring (bicyclic) bond motifs is 1. The molecule has 0 bridgehead atoms. The first-order valence-electron chi connectivity index (χ1n) is 4.79. The van der Waals surface area contributed by atoms with Crippen LogP contribution in [-0.4, -0.2) is 55.2 Å². The van der Waals surface area contributed by atoms with Gasteiger partial charge in [0, 0.05) is 19.1 Å². The molecule has 1 amide bonds. The molecule has 4 nitrogen and oxygen atoms in total. The van der Waals surface area contributed by atoms with Crippen molar-refractivity contribution in [1.29, 1.82) is 0 Å². The lowest BCUT2D eigenvalue weighted by molar-refractivity contribution is 0.118. The molecular formula is C9H16N2O2. The third-order valence-corrected chi connectivity index (χ3v) is 3.26. The summed E-state index contributed by atoms with van der Waals surface area (Å²) in [6.45, 7) is 1.95. The highest BCUT2D eigenvalue weighted by Crippen LogP contribution is 2.30. The molecule has 2 atom stereocenters. The molecule has 0 aromatic rings. The highest BCUT2D eigenvalue weighted by molar-refractivity contribution is 5.68. The number of hydrogen-bond donors (Lipinski definition) is 0. The number of methoxy groups -OCH3 is 1. The van der Waals surface area contributed by atoms with Gasteiger partial charge in [-0.3, -0.25) is 0 Å². The summed E-state index contributed by atoms with van der Waals surface area (Å²) in [6.07, 6.45) is 2.02. The second-order valence-electron chi connectivity index (χ2n) is 3.86. The number of hydrogen-bond acceptors (Lipinski definition) is 3. The SMILES string of the molecule is COC(=O)N1CCC2C1CCN2C. The number of carbonyl (C=O) groups is 1. The molecule has 2 heterocycles. The number of rotatable bonds is 0. The van der Waals surface area contributed by atoms with Gasteiger partial charge in [-0.05, 0) is 19.9 Å². The summed E-state index contributed by atoms with van der Waals surface area (Å²) >= 11 is 0. The fraction of sp³-hybridized carbons (Fsp3) is 0.889. The summed E-state index contributed by atoms with van der Waals surface area (Å²) in [7, 11) is 3.58. The molecule has 2 aliphatic rings. The van der Waals surface area contributed by atoms with Gasteiger partial charge in [-0.2, -0.15) is 0 Å². The summed E-state index contributed by atoms with van der Waals surface area (Å²) in [5.74, 6) is 0. The molecule has 0 saturated carbocycles.